The summed E-state index contributed by atoms with van der Waals surface area (Å²) < 4.78 is 30.0. The first kappa shape index (κ1) is 11.4. The van der Waals surface area contributed by atoms with Gasteiger partial charge in [0.05, 0.1) is 5.41 Å². The van der Waals surface area contributed by atoms with Crippen molar-refractivity contribution < 1.29 is 18.3 Å². The van der Waals surface area contributed by atoms with Gasteiger partial charge >= 0.3 is 12.1 Å². The lowest BCUT2D eigenvalue weighted by atomic mass is 9.49. The molecule has 4 aliphatic rings. The summed E-state index contributed by atoms with van der Waals surface area (Å²) >= 11 is 0. The van der Waals surface area contributed by atoms with Crippen LogP contribution >= 0.6 is 0 Å². The molecule has 0 amide bonds. The van der Waals surface area contributed by atoms with Crippen molar-refractivity contribution in [3.05, 3.63) is 0 Å². The van der Waals surface area contributed by atoms with Gasteiger partial charge in [-0.2, -0.15) is 8.78 Å². The van der Waals surface area contributed by atoms with Gasteiger partial charge in [-0.25, -0.2) is 0 Å². The standard InChI is InChI=1S/C13H18F2O2/c1-12(14,15)17-11(16)13-5-8-2-9(6-13)4-10(3-8)7-13/h8-10H,2-7H2,1H3. The van der Waals surface area contributed by atoms with E-state index >= 15 is 0 Å². The van der Waals surface area contributed by atoms with E-state index in [9.17, 15) is 13.6 Å². The molecule has 0 aliphatic heterocycles. The van der Waals surface area contributed by atoms with Gasteiger partial charge in [-0.05, 0) is 56.3 Å². The maximum Gasteiger partial charge on any atom is 0.396 e. The molecule has 0 N–H and O–H groups in total. The molecular weight excluding hydrogens is 226 g/mol. The second kappa shape index (κ2) is 3.42. The van der Waals surface area contributed by atoms with E-state index in [0.717, 1.165) is 19.3 Å². The summed E-state index contributed by atoms with van der Waals surface area (Å²) in [5.74, 6) is 1.06. The minimum absolute atomic E-state index is 0.569. The number of alkyl halides is 2. The molecule has 0 aromatic rings. The average Bonchev–Trinajstić information content (AvgIpc) is 2.12. The van der Waals surface area contributed by atoms with Crippen LogP contribution in [-0.2, 0) is 9.53 Å². The molecule has 4 fully saturated rings. The van der Waals surface area contributed by atoms with Crippen LogP contribution in [0.25, 0.3) is 0 Å². The molecule has 0 aromatic carbocycles. The van der Waals surface area contributed by atoms with Crippen molar-refractivity contribution in [2.75, 3.05) is 0 Å². The lowest BCUT2D eigenvalue weighted by Gasteiger charge is -2.55. The molecule has 4 bridgehead atoms. The van der Waals surface area contributed by atoms with Gasteiger partial charge in [0.2, 0.25) is 0 Å². The van der Waals surface area contributed by atoms with Gasteiger partial charge in [0.1, 0.15) is 0 Å². The van der Waals surface area contributed by atoms with Crippen LogP contribution < -0.4 is 0 Å². The number of hydrogen-bond acceptors (Lipinski definition) is 2. The molecule has 17 heavy (non-hydrogen) atoms. The first-order chi connectivity index (χ1) is 7.86. The van der Waals surface area contributed by atoms with E-state index in [0.29, 0.717) is 24.7 Å². The molecule has 0 atom stereocenters. The number of hydrogen-bond donors (Lipinski definition) is 0. The van der Waals surface area contributed by atoms with E-state index in [1.54, 1.807) is 0 Å². The van der Waals surface area contributed by atoms with Gasteiger partial charge < -0.3 is 4.74 Å². The smallest absolute Gasteiger partial charge is 0.396 e. The highest BCUT2D eigenvalue weighted by Gasteiger charge is 2.56. The highest BCUT2D eigenvalue weighted by Crippen LogP contribution is 2.60. The van der Waals surface area contributed by atoms with E-state index in [1.165, 1.54) is 19.3 Å². The van der Waals surface area contributed by atoms with Crippen LogP contribution in [0.2, 0.25) is 0 Å². The van der Waals surface area contributed by atoms with E-state index in [4.69, 9.17) is 0 Å². The minimum atomic E-state index is -3.33. The van der Waals surface area contributed by atoms with E-state index < -0.39 is 17.5 Å². The molecular formula is C13H18F2O2. The van der Waals surface area contributed by atoms with Crippen LogP contribution in [-0.4, -0.2) is 12.1 Å². The summed E-state index contributed by atoms with van der Waals surface area (Å²) in [5.41, 5.74) is -0.575. The van der Waals surface area contributed by atoms with Crippen molar-refractivity contribution in [3.63, 3.8) is 0 Å². The maximum atomic E-state index is 12.8. The third-order valence-electron chi connectivity index (χ3n) is 4.74. The lowest BCUT2D eigenvalue weighted by molar-refractivity contribution is -0.240. The fraction of sp³-hybridized carbons (Fsp3) is 0.923. The van der Waals surface area contributed by atoms with Crippen LogP contribution in [0.5, 0.6) is 0 Å². The van der Waals surface area contributed by atoms with Gasteiger partial charge in [0.25, 0.3) is 0 Å². The Labute approximate surface area is 99.7 Å². The number of carbonyl (C=O) groups excluding carboxylic acids is 1. The largest absolute Gasteiger partial charge is 0.401 e. The monoisotopic (exact) mass is 244 g/mol. The minimum Gasteiger partial charge on any atom is -0.401 e. The van der Waals surface area contributed by atoms with Crippen molar-refractivity contribution in [2.45, 2.75) is 51.6 Å². The van der Waals surface area contributed by atoms with E-state index in [-0.39, 0.29) is 0 Å². The topological polar surface area (TPSA) is 26.3 Å². The summed E-state index contributed by atoms with van der Waals surface area (Å²) in [7, 11) is 0. The SMILES string of the molecule is CC(F)(F)OC(=O)C12CC3CC(CC(C3)C1)C2. The molecule has 4 heteroatoms. The number of halogens is 2. The average molecular weight is 244 g/mol. The predicted molar refractivity (Wildman–Crippen MR) is 57.3 cm³/mol. The summed E-state index contributed by atoms with van der Waals surface area (Å²) in [6.07, 6.45) is 2.55. The third kappa shape index (κ3) is 1.95. The molecule has 0 aromatic heterocycles. The molecule has 4 saturated carbocycles. The maximum absolute atomic E-state index is 12.8. The zero-order valence-electron chi connectivity index (χ0n) is 10.0. The first-order valence-corrected chi connectivity index (χ1v) is 6.48. The van der Waals surface area contributed by atoms with Crippen molar-refractivity contribution in [1.29, 1.82) is 0 Å². The highest BCUT2D eigenvalue weighted by atomic mass is 19.3. The second-order valence-corrected chi connectivity index (χ2v) is 6.40. The van der Waals surface area contributed by atoms with Gasteiger partial charge in [0, 0.05) is 6.92 Å². The molecule has 2 nitrogen and oxygen atoms in total. The van der Waals surface area contributed by atoms with Crippen molar-refractivity contribution in [1.82, 2.24) is 0 Å². The summed E-state index contributed by atoms with van der Waals surface area (Å²) in [6.45, 7) is 0.644. The van der Waals surface area contributed by atoms with Crippen molar-refractivity contribution in [3.8, 4) is 0 Å². The first-order valence-electron chi connectivity index (χ1n) is 6.48. The molecule has 0 heterocycles. The van der Waals surface area contributed by atoms with Crippen molar-refractivity contribution in [2.24, 2.45) is 23.2 Å². The summed E-state index contributed by atoms with van der Waals surface area (Å²) in [6, 6.07) is 0. The van der Waals surface area contributed by atoms with Gasteiger partial charge in [0.15, 0.2) is 0 Å². The van der Waals surface area contributed by atoms with Crippen LogP contribution in [0.3, 0.4) is 0 Å². The Morgan fingerprint density at radius 1 is 1.12 bits per heavy atom. The molecule has 4 rings (SSSR count). The number of ether oxygens (including phenoxy) is 1. The van der Waals surface area contributed by atoms with Crippen LogP contribution in [0.1, 0.15) is 45.4 Å². The molecule has 0 unspecified atom stereocenters. The van der Waals surface area contributed by atoms with Crippen LogP contribution in [0.4, 0.5) is 8.78 Å². The zero-order valence-corrected chi connectivity index (χ0v) is 10.0. The number of rotatable bonds is 2. The Kier molecular flexibility index (Phi) is 2.30. The summed E-state index contributed by atoms with van der Waals surface area (Å²) in [5, 5.41) is 0. The van der Waals surface area contributed by atoms with Gasteiger partial charge in [-0.15, -0.1) is 0 Å². The van der Waals surface area contributed by atoms with E-state index in [2.05, 4.69) is 4.74 Å². The Balaban J connectivity index is 1.80. The van der Waals surface area contributed by atoms with Gasteiger partial charge in [-0.3, -0.25) is 4.79 Å². The lowest BCUT2D eigenvalue weighted by Crippen LogP contribution is -2.51. The molecule has 0 spiro atoms. The Bertz CT molecular complexity index is 311. The Hall–Kier alpha value is -0.670. The molecule has 96 valence electrons. The summed E-state index contributed by atoms with van der Waals surface area (Å²) in [4.78, 5) is 12.0. The fourth-order valence-corrected chi connectivity index (χ4v) is 4.63. The van der Waals surface area contributed by atoms with Crippen molar-refractivity contribution >= 4 is 5.97 Å². The number of esters is 1. The molecule has 4 aliphatic carbocycles. The molecule has 0 saturated heterocycles. The third-order valence-corrected chi connectivity index (χ3v) is 4.74. The second-order valence-electron chi connectivity index (χ2n) is 6.40. The Morgan fingerprint density at radius 2 is 1.53 bits per heavy atom. The van der Waals surface area contributed by atoms with Crippen LogP contribution in [0.15, 0.2) is 0 Å². The Morgan fingerprint density at radius 3 is 1.88 bits per heavy atom. The molecule has 0 radical (unpaired) electrons. The normalized spacial score (nSPS) is 43.8. The quantitative estimate of drug-likeness (QED) is 0.696. The van der Waals surface area contributed by atoms with E-state index in [1.807, 2.05) is 0 Å². The predicted octanol–water partition coefficient (Wildman–Crippen LogP) is 3.36. The zero-order chi connectivity index (χ0) is 12.3. The van der Waals surface area contributed by atoms with Gasteiger partial charge in [-0.1, -0.05) is 0 Å². The number of carbonyl (C=O) groups is 1. The van der Waals surface area contributed by atoms with Crippen LogP contribution in [0, 0.1) is 23.2 Å². The fourth-order valence-electron chi connectivity index (χ4n) is 4.63. The highest BCUT2D eigenvalue weighted by molar-refractivity contribution is 5.77.